The molecule has 0 amide bonds. The van der Waals surface area contributed by atoms with Gasteiger partial charge in [0.1, 0.15) is 5.82 Å². The second kappa shape index (κ2) is 3.32. The van der Waals surface area contributed by atoms with Gasteiger partial charge in [0, 0.05) is 6.04 Å². The summed E-state index contributed by atoms with van der Waals surface area (Å²) in [4.78, 5) is 15.3. The number of nitrogens with zero attached hydrogens (tertiary/aromatic N) is 2. The van der Waals surface area contributed by atoms with Gasteiger partial charge in [0.2, 0.25) is 0 Å². The van der Waals surface area contributed by atoms with Gasteiger partial charge in [-0.2, -0.15) is 0 Å². The van der Waals surface area contributed by atoms with Crippen LogP contribution in [0.15, 0.2) is 6.33 Å². The Labute approximate surface area is 81.9 Å². The van der Waals surface area contributed by atoms with Gasteiger partial charge in [-0.15, -0.1) is 0 Å². The predicted octanol–water partition coefficient (Wildman–Crippen LogP) is 0.977. The van der Waals surface area contributed by atoms with Crippen molar-refractivity contribution < 1.29 is 9.53 Å². The lowest BCUT2D eigenvalue weighted by atomic mass is 10.4. The Balaban J connectivity index is 2.21. The zero-order chi connectivity index (χ0) is 10.1. The average Bonchev–Trinajstić information content (AvgIpc) is 2.91. The maximum absolute atomic E-state index is 11.3. The number of nitrogens with two attached hydrogens (primary N) is 1. The Morgan fingerprint density at radius 1 is 1.79 bits per heavy atom. The standard InChI is InChI=1S/C9H13N3O2/c1-2-14-9(13)7-8(10)12(5-11-7)6-3-4-6/h5-6H,2-4,10H2,1H3. The molecule has 1 aliphatic carbocycles. The van der Waals surface area contributed by atoms with Crippen molar-refractivity contribution in [2.75, 3.05) is 12.3 Å². The summed E-state index contributed by atoms with van der Waals surface area (Å²) >= 11 is 0. The van der Waals surface area contributed by atoms with E-state index in [1.807, 2.05) is 4.57 Å². The number of aromatic nitrogens is 2. The summed E-state index contributed by atoms with van der Waals surface area (Å²) in [6.45, 7) is 2.10. The van der Waals surface area contributed by atoms with Crippen molar-refractivity contribution in [3.05, 3.63) is 12.0 Å². The molecule has 1 fully saturated rings. The average molecular weight is 195 g/mol. The van der Waals surface area contributed by atoms with E-state index in [9.17, 15) is 4.79 Å². The maximum atomic E-state index is 11.3. The first-order valence-corrected chi connectivity index (χ1v) is 4.73. The van der Waals surface area contributed by atoms with Crippen LogP contribution < -0.4 is 5.73 Å². The highest BCUT2D eigenvalue weighted by atomic mass is 16.5. The smallest absolute Gasteiger partial charge is 0.360 e. The van der Waals surface area contributed by atoms with E-state index in [1.165, 1.54) is 0 Å². The second-order valence-electron chi connectivity index (χ2n) is 3.34. The lowest BCUT2D eigenvalue weighted by Gasteiger charge is -2.02. The molecule has 0 unspecified atom stereocenters. The number of ether oxygens (including phenoxy) is 1. The topological polar surface area (TPSA) is 70.1 Å². The van der Waals surface area contributed by atoms with Crippen molar-refractivity contribution in [3.63, 3.8) is 0 Å². The zero-order valence-electron chi connectivity index (χ0n) is 8.06. The first kappa shape index (κ1) is 9.05. The molecule has 1 aromatic heterocycles. The fraction of sp³-hybridized carbons (Fsp3) is 0.556. The van der Waals surface area contributed by atoms with Crippen LogP contribution in [-0.4, -0.2) is 22.1 Å². The largest absolute Gasteiger partial charge is 0.461 e. The zero-order valence-corrected chi connectivity index (χ0v) is 8.06. The van der Waals surface area contributed by atoms with E-state index in [4.69, 9.17) is 10.5 Å². The monoisotopic (exact) mass is 195 g/mol. The minimum absolute atomic E-state index is 0.235. The van der Waals surface area contributed by atoms with E-state index in [-0.39, 0.29) is 5.69 Å². The predicted molar refractivity (Wildman–Crippen MR) is 50.9 cm³/mol. The second-order valence-corrected chi connectivity index (χ2v) is 3.34. The van der Waals surface area contributed by atoms with Crippen LogP contribution in [-0.2, 0) is 4.74 Å². The van der Waals surface area contributed by atoms with Gasteiger partial charge in [-0.1, -0.05) is 0 Å². The van der Waals surface area contributed by atoms with Crippen molar-refractivity contribution in [2.45, 2.75) is 25.8 Å². The van der Waals surface area contributed by atoms with Crippen molar-refractivity contribution >= 4 is 11.8 Å². The quantitative estimate of drug-likeness (QED) is 0.730. The first-order chi connectivity index (χ1) is 6.74. The summed E-state index contributed by atoms with van der Waals surface area (Å²) in [5.74, 6) is -0.0182. The molecule has 0 radical (unpaired) electrons. The third-order valence-electron chi connectivity index (χ3n) is 2.24. The summed E-state index contributed by atoms with van der Waals surface area (Å²) in [5, 5.41) is 0. The molecule has 1 aliphatic rings. The Bertz CT molecular complexity index is 355. The summed E-state index contributed by atoms with van der Waals surface area (Å²) in [6.07, 6.45) is 3.84. The van der Waals surface area contributed by atoms with Crippen LogP contribution in [0.3, 0.4) is 0 Å². The Kier molecular flexibility index (Phi) is 2.15. The fourth-order valence-corrected chi connectivity index (χ4v) is 1.37. The molecule has 1 saturated carbocycles. The third kappa shape index (κ3) is 1.45. The number of carbonyl (C=O) groups excluding carboxylic acids is 1. The molecule has 0 aromatic carbocycles. The highest BCUT2D eigenvalue weighted by Crippen LogP contribution is 2.37. The molecule has 0 bridgehead atoms. The Morgan fingerprint density at radius 3 is 3.07 bits per heavy atom. The van der Waals surface area contributed by atoms with Crippen LogP contribution in [0.5, 0.6) is 0 Å². The summed E-state index contributed by atoms with van der Waals surface area (Å²) in [5.41, 5.74) is 6.01. The third-order valence-corrected chi connectivity index (χ3v) is 2.24. The molecule has 0 aliphatic heterocycles. The molecule has 14 heavy (non-hydrogen) atoms. The molecule has 1 heterocycles. The van der Waals surface area contributed by atoms with E-state index in [2.05, 4.69) is 4.98 Å². The van der Waals surface area contributed by atoms with E-state index < -0.39 is 5.97 Å². The number of esters is 1. The van der Waals surface area contributed by atoms with Gasteiger partial charge < -0.3 is 15.0 Å². The minimum atomic E-state index is -0.440. The maximum Gasteiger partial charge on any atom is 0.360 e. The number of anilines is 1. The Morgan fingerprint density at radius 2 is 2.50 bits per heavy atom. The summed E-state index contributed by atoms with van der Waals surface area (Å²) in [6, 6.07) is 0.436. The molecule has 0 atom stereocenters. The van der Waals surface area contributed by atoms with Gasteiger partial charge in [-0.3, -0.25) is 0 Å². The molecule has 1 aromatic rings. The van der Waals surface area contributed by atoms with Crippen molar-refractivity contribution in [1.82, 2.24) is 9.55 Å². The van der Waals surface area contributed by atoms with Crippen molar-refractivity contribution in [2.24, 2.45) is 0 Å². The molecular formula is C9H13N3O2. The van der Waals surface area contributed by atoms with Crippen LogP contribution in [0.4, 0.5) is 5.82 Å². The summed E-state index contributed by atoms with van der Waals surface area (Å²) < 4.78 is 6.67. The van der Waals surface area contributed by atoms with E-state index in [1.54, 1.807) is 13.3 Å². The molecule has 76 valence electrons. The van der Waals surface area contributed by atoms with Crippen LogP contribution in [0.25, 0.3) is 0 Å². The molecule has 2 rings (SSSR count). The lowest BCUT2D eigenvalue weighted by molar-refractivity contribution is 0.0521. The molecule has 5 nitrogen and oxygen atoms in total. The molecule has 2 N–H and O–H groups in total. The molecular weight excluding hydrogens is 182 g/mol. The summed E-state index contributed by atoms with van der Waals surface area (Å²) in [7, 11) is 0. The van der Waals surface area contributed by atoms with Crippen molar-refractivity contribution in [3.8, 4) is 0 Å². The molecule has 0 saturated heterocycles. The first-order valence-electron chi connectivity index (χ1n) is 4.73. The number of hydrogen-bond acceptors (Lipinski definition) is 4. The Hall–Kier alpha value is -1.52. The fourth-order valence-electron chi connectivity index (χ4n) is 1.37. The number of carbonyl (C=O) groups is 1. The minimum Gasteiger partial charge on any atom is -0.461 e. The highest BCUT2D eigenvalue weighted by molar-refractivity contribution is 5.92. The highest BCUT2D eigenvalue weighted by Gasteiger charge is 2.28. The van der Waals surface area contributed by atoms with Gasteiger partial charge in [0.05, 0.1) is 12.9 Å². The molecule has 5 heteroatoms. The van der Waals surface area contributed by atoms with E-state index >= 15 is 0 Å². The van der Waals surface area contributed by atoms with E-state index in [0.29, 0.717) is 18.5 Å². The lowest BCUT2D eigenvalue weighted by Crippen LogP contribution is -2.09. The van der Waals surface area contributed by atoms with E-state index in [0.717, 1.165) is 12.8 Å². The van der Waals surface area contributed by atoms with Gasteiger partial charge in [-0.25, -0.2) is 9.78 Å². The van der Waals surface area contributed by atoms with Crippen LogP contribution in [0.2, 0.25) is 0 Å². The number of rotatable bonds is 3. The number of hydrogen-bond donors (Lipinski definition) is 1. The van der Waals surface area contributed by atoms with Crippen LogP contribution in [0.1, 0.15) is 36.3 Å². The van der Waals surface area contributed by atoms with Crippen LogP contribution >= 0.6 is 0 Å². The van der Waals surface area contributed by atoms with Crippen molar-refractivity contribution in [1.29, 1.82) is 0 Å². The van der Waals surface area contributed by atoms with Gasteiger partial charge in [0.25, 0.3) is 0 Å². The van der Waals surface area contributed by atoms with Gasteiger partial charge in [0.15, 0.2) is 5.69 Å². The normalized spacial score (nSPS) is 15.5. The molecule has 0 spiro atoms. The number of nitrogen functional groups attached to an aromatic ring is 1. The van der Waals surface area contributed by atoms with Gasteiger partial charge in [-0.05, 0) is 19.8 Å². The van der Waals surface area contributed by atoms with Crippen LogP contribution in [0, 0.1) is 0 Å². The van der Waals surface area contributed by atoms with Gasteiger partial charge >= 0.3 is 5.97 Å². The SMILES string of the molecule is CCOC(=O)c1ncn(C2CC2)c1N. The number of imidazole rings is 1.